The Morgan fingerprint density at radius 1 is 1.06 bits per heavy atom. The Morgan fingerprint density at radius 2 is 1.77 bits per heavy atom. The third-order valence-corrected chi connectivity index (χ3v) is 6.98. The first-order valence-corrected chi connectivity index (χ1v) is 13.8. The van der Waals surface area contributed by atoms with E-state index in [9.17, 15) is 13.5 Å². The molecular weight excluding hydrogens is 430 g/mol. The molecular formula is C23H33N3O3S2. The van der Waals surface area contributed by atoms with Crippen LogP contribution in [0.4, 0.5) is 11.4 Å². The van der Waals surface area contributed by atoms with Crippen molar-refractivity contribution in [2.45, 2.75) is 36.8 Å². The second-order valence-corrected chi connectivity index (χ2v) is 10.6. The molecule has 2 aromatic carbocycles. The van der Waals surface area contributed by atoms with E-state index in [1.165, 1.54) is 23.7 Å². The fourth-order valence-corrected chi connectivity index (χ4v) is 5.11. The van der Waals surface area contributed by atoms with Crippen LogP contribution in [0.3, 0.4) is 0 Å². The molecule has 6 nitrogen and oxygen atoms in total. The SMILES string of the molecule is CSc1ccc(CCCCC(O)N2CCN(c3ccccc3)CC2)cc1NS(C)(=O)=O. The van der Waals surface area contributed by atoms with E-state index < -0.39 is 16.3 Å². The molecule has 0 aliphatic carbocycles. The Kier molecular flexibility index (Phi) is 8.66. The van der Waals surface area contributed by atoms with E-state index in [0.29, 0.717) is 5.69 Å². The molecule has 0 amide bonds. The number of nitrogens with zero attached hydrogens (tertiary/aromatic N) is 2. The fourth-order valence-electron chi connectivity index (χ4n) is 3.95. The summed E-state index contributed by atoms with van der Waals surface area (Å²) in [5, 5.41) is 10.6. The van der Waals surface area contributed by atoms with Crippen molar-refractivity contribution in [3.63, 3.8) is 0 Å². The van der Waals surface area contributed by atoms with Gasteiger partial charge in [-0.2, -0.15) is 0 Å². The second kappa shape index (κ2) is 11.2. The highest BCUT2D eigenvalue weighted by Crippen LogP contribution is 2.28. The second-order valence-electron chi connectivity index (χ2n) is 7.99. The molecule has 2 N–H and O–H groups in total. The molecule has 1 heterocycles. The van der Waals surface area contributed by atoms with Crippen LogP contribution in [0.1, 0.15) is 24.8 Å². The normalized spacial score (nSPS) is 16.3. The van der Waals surface area contributed by atoms with E-state index in [1.54, 1.807) is 0 Å². The number of para-hydroxylation sites is 1. The summed E-state index contributed by atoms with van der Waals surface area (Å²) in [6.45, 7) is 3.59. The summed E-state index contributed by atoms with van der Waals surface area (Å²) in [5.74, 6) is 0. The molecule has 1 aliphatic heterocycles. The number of unbranched alkanes of at least 4 members (excludes halogenated alkanes) is 1. The van der Waals surface area contributed by atoms with Gasteiger partial charge in [0, 0.05) is 36.8 Å². The minimum Gasteiger partial charge on any atom is -0.378 e. The maximum atomic E-state index is 11.6. The van der Waals surface area contributed by atoms with Gasteiger partial charge in [-0.3, -0.25) is 9.62 Å². The van der Waals surface area contributed by atoms with Crippen molar-refractivity contribution in [1.82, 2.24) is 4.90 Å². The summed E-state index contributed by atoms with van der Waals surface area (Å²) in [5.41, 5.74) is 2.99. The maximum absolute atomic E-state index is 11.6. The lowest BCUT2D eigenvalue weighted by Gasteiger charge is -2.38. The van der Waals surface area contributed by atoms with Gasteiger partial charge in [0.1, 0.15) is 6.23 Å². The lowest BCUT2D eigenvalue weighted by Crippen LogP contribution is -2.50. The van der Waals surface area contributed by atoms with Gasteiger partial charge in [-0.25, -0.2) is 8.42 Å². The largest absolute Gasteiger partial charge is 0.378 e. The number of aliphatic hydroxyl groups excluding tert-OH is 1. The molecule has 1 unspecified atom stereocenters. The van der Waals surface area contributed by atoms with E-state index in [1.807, 2.05) is 24.5 Å². The molecule has 0 spiro atoms. The van der Waals surface area contributed by atoms with Crippen LogP contribution in [0.15, 0.2) is 53.4 Å². The number of anilines is 2. The number of piperazine rings is 1. The van der Waals surface area contributed by atoms with Crippen LogP contribution >= 0.6 is 11.8 Å². The van der Waals surface area contributed by atoms with Crippen molar-refractivity contribution in [3.8, 4) is 0 Å². The van der Waals surface area contributed by atoms with Gasteiger partial charge in [0.15, 0.2) is 0 Å². The predicted molar refractivity (Wildman–Crippen MR) is 130 cm³/mol. The van der Waals surface area contributed by atoms with Crippen molar-refractivity contribution in [1.29, 1.82) is 0 Å². The number of benzene rings is 2. The number of rotatable bonds is 10. The summed E-state index contributed by atoms with van der Waals surface area (Å²) in [6.07, 6.45) is 6.20. The molecule has 3 rings (SSSR count). The van der Waals surface area contributed by atoms with Crippen LogP contribution in [0, 0.1) is 0 Å². The third-order valence-electron chi connectivity index (χ3n) is 5.59. The number of nitrogens with one attached hydrogen (secondary N) is 1. The molecule has 0 saturated carbocycles. The van der Waals surface area contributed by atoms with Gasteiger partial charge >= 0.3 is 0 Å². The fraction of sp³-hybridized carbons (Fsp3) is 0.478. The molecule has 1 saturated heterocycles. The van der Waals surface area contributed by atoms with Crippen LogP contribution in [-0.2, 0) is 16.4 Å². The van der Waals surface area contributed by atoms with Gasteiger partial charge in [0.05, 0.1) is 11.9 Å². The minimum absolute atomic E-state index is 0.403. The van der Waals surface area contributed by atoms with Crippen molar-refractivity contribution < 1.29 is 13.5 Å². The highest BCUT2D eigenvalue weighted by molar-refractivity contribution is 7.99. The molecule has 2 aromatic rings. The van der Waals surface area contributed by atoms with E-state index in [4.69, 9.17) is 0 Å². The Hall–Kier alpha value is -1.74. The first-order chi connectivity index (χ1) is 14.9. The summed E-state index contributed by atoms with van der Waals surface area (Å²) in [7, 11) is -3.30. The molecule has 8 heteroatoms. The highest BCUT2D eigenvalue weighted by atomic mass is 32.2. The average molecular weight is 464 g/mol. The van der Waals surface area contributed by atoms with Crippen LogP contribution in [0.25, 0.3) is 0 Å². The Morgan fingerprint density at radius 3 is 2.42 bits per heavy atom. The summed E-state index contributed by atoms with van der Waals surface area (Å²) >= 11 is 1.52. The zero-order valence-electron chi connectivity index (χ0n) is 18.3. The molecule has 1 aliphatic rings. The predicted octanol–water partition coefficient (Wildman–Crippen LogP) is 3.63. The smallest absolute Gasteiger partial charge is 0.229 e. The zero-order valence-corrected chi connectivity index (χ0v) is 20.0. The van der Waals surface area contributed by atoms with Crippen LogP contribution < -0.4 is 9.62 Å². The van der Waals surface area contributed by atoms with E-state index >= 15 is 0 Å². The van der Waals surface area contributed by atoms with Crippen LogP contribution in [-0.4, -0.2) is 63.3 Å². The molecule has 0 aromatic heterocycles. The molecule has 1 atom stereocenters. The van der Waals surface area contributed by atoms with Gasteiger partial charge in [0.2, 0.25) is 10.0 Å². The highest BCUT2D eigenvalue weighted by Gasteiger charge is 2.22. The average Bonchev–Trinajstić information content (AvgIpc) is 2.76. The number of sulfonamides is 1. The third kappa shape index (κ3) is 7.42. The first-order valence-electron chi connectivity index (χ1n) is 10.7. The molecule has 31 heavy (non-hydrogen) atoms. The maximum Gasteiger partial charge on any atom is 0.229 e. The van der Waals surface area contributed by atoms with Crippen molar-refractivity contribution >= 4 is 33.2 Å². The molecule has 1 fully saturated rings. The monoisotopic (exact) mass is 463 g/mol. The van der Waals surface area contributed by atoms with Crippen LogP contribution in [0.2, 0.25) is 0 Å². The topological polar surface area (TPSA) is 72.9 Å². The summed E-state index contributed by atoms with van der Waals surface area (Å²) in [6, 6.07) is 16.4. The number of aliphatic hydroxyl groups is 1. The number of thioether (sulfide) groups is 1. The Bertz CT molecular complexity index is 930. The Balaban J connectivity index is 1.42. The van der Waals surface area contributed by atoms with Gasteiger partial charge in [-0.15, -0.1) is 11.8 Å². The number of aryl methyl sites for hydroxylation is 1. The number of hydrogen-bond donors (Lipinski definition) is 2. The lowest BCUT2D eigenvalue weighted by atomic mass is 10.1. The van der Waals surface area contributed by atoms with E-state index in [-0.39, 0.29) is 0 Å². The number of hydrogen-bond acceptors (Lipinski definition) is 6. The molecule has 170 valence electrons. The van der Waals surface area contributed by atoms with Gasteiger partial charge < -0.3 is 10.0 Å². The lowest BCUT2D eigenvalue weighted by molar-refractivity contribution is -0.00702. The minimum atomic E-state index is -3.30. The standard InChI is InChI=1S/C23H33N3O3S2/c1-30-22-13-12-19(18-21(22)24-31(2,28)29)8-6-7-11-23(27)26-16-14-25(15-17-26)20-9-4-3-5-10-20/h3-5,9-10,12-13,18,23-24,27H,6-8,11,14-17H2,1-2H3. The van der Waals surface area contributed by atoms with E-state index in [2.05, 4.69) is 44.9 Å². The van der Waals surface area contributed by atoms with Crippen molar-refractivity contribution in [2.24, 2.45) is 0 Å². The molecule has 0 radical (unpaired) electrons. The van der Waals surface area contributed by atoms with E-state index in [0.717, 1.165) is 62.3 Å². The van der Waals surface area contributed by atoms with Crippen LogP contribution in [0.5, 0.6) is 0 Å². The zero-order chi connectivity index (χ0) is 22.3. The summed E-state index contributed by atoms with van der Waals surface area (Å²) in [4.78, 5) is 5.45. The van der Waals surface area contributed by atoms with Gasteiger partial charge in [0.25, 0.3) is 0 Å². The van der Waals surface area contributed by atoms with Gasteiger partial charge in [-0.1, -0.05) is 24.3 Å². The first kappa shape index (κ1) is 23.9. The van der Waals surface area contributed by atoms with Gasteiger partial charge in [-0.05, 0) is 61.8 Å². The molecule has 0 bridgehead atoms. The Labute approximate surface area is 190 Å². The summed E-state index contributed by atoms with van der Waals surface area (Å²) < 4.78 is 25.8. The van der Waals surface area contributed by atoms with Crippen molar-refractivity contribution in [3.05, 3.63) is 54.1 Å². The van der Waals surface area contributed by atoms with Crippen molar-refractivity contribution in [2.75, 3.05) is 48.3 Å². The quantitative estimate of drug-likeness (QED) is 0.414.